The predicted molar refractivity (Wildman–Crippen MR) is 164 cm³/mol. The summed E-state index contributed by atoms with van der Waals surface area (Å²) in [6.07, 6.45) is 1.91. The van der Waals surface area contributed by atoms with Crippen molar-refractivity contribution >= 4 is 40.7 Å². The number of carbonyl (C=O) groups excluding carboxylic acids is 1. The topological polar surface area (TPSA) is 91.3 Å². The van der Waals surface area contributed by atoms with Crippen molar-refractivity contribution in [3.8, 4) is 11.1 Å². The van der Waals surface area contributed by atoms with Crippen molar-refractivity contribution in [1.29, 1.82) is 0 Å². The predicted octanol–water partition coefficient (Wildman–Crippen LogP) is 5.83. The van der Waals surface area contributed by atoms with Crippen molar-refractivity contribution in [1.82, 2.24) is 10.2 Å². The molecule has 4 atom stereocenters. The van der Waals surface area contributed by atoms with E-state index in [4.69, 9.17) is 44.3 Å². The van der Waals surface area contributed by atoms with Crippen molar-refractivity contribution in [3.05, 3.63) is 95.1 Å². The van der Waals surface area contributed by atoms with Crippen LogP contribution in [-0.2, 0) is 27.4 Å². The highest BCUT2D eigenvalue weighted by Gasteiger charge is 2.35. The van der Waals surface area contributed by atoms with Crippen LogP contribution in [0.5, 0.6) is 0 Å². The lowest BCUT2D eigenvalue weighted by Crippen LogP contribution is -2.42. The van der Waals surface area contributed by atoms with E-state index in [-0.39, 0.29) is 38.0 Å². The Bertz CT molecular complexity index is 1330. The van der Waals surface area contributed by atoms with Gasteiger partial charge in [0.2, 0.25) is 0 Å². The molecule has 3 aromatic rings. The van der Waals surface area contributed by atoms with E-state index in [1.165, 1.54) is 0 Å². The normalized spacial score (nSPS) is 23.2. The van der Waals surface area contributed by atoms with Crippen molar-refractivity contribution in [2.45, 2.75) is 60.7 Å². The molecule has 10 heteroatoms. The summed E-state index contributed by atoms with van der Waals surface area (Å²) in [6, 6.07) is 23.8. The Kier molecular flexibility index (Phi) is 10.5. The Morgan fingerprint density at radius 2 is 1.67 bits per heavy atom. The van der Waals surface area contributed by atoms with Crippen molar-refractivity contribution in [2.24, 2.45) is 0 Å². The Balaban J connectivity index is 1.35. The first-order valence-electron chi connectivity index (χ1n) is 14.1. The van der Waals surface area contributed by atoms with E-state index in [1.807, 2.05) is 72.8 Å². The van der Waals surface area contributed by atoms with Gasteiger partial charge < -0.3 is 25.0 Å². The number of benzene rings is 3. The van der Waals surface area contributed by atoms with E-state index in [0.717, 1.165) is 59.3 Å². The van der Waals surface area contributed by atoms with E-state index in [0.29, 0.717) is 6.42 Å². The summed E-state index contributed by atoms with van der Waals surface area (Å²) in [5, 5.41) is 22.0. The first-order valence-corrected chi connectivity index (χ1v) is 15.3. The molecule has 2 aliphatic rings. The largest absolute Gasteiger partial charge is 0.395 e. The minimum absolute atomic E-state index is 0.00751. The number of carbonyl (C=O) groups is 1. The molecule has 0 aromatic heterocycles. The van der Waals surface area contributed by atoms with Crippen LogP contribution >= 0.6 is 34.8 Å². The molecule has 0 saturated carbocycles. The Hall–Kier alpha value is -2.20. The minimum atomic E-state index is -2.03. The first-order chi connectivity index (χ1) is 20.2. The van der Waals surface area contributed by atoms with Crippen LogP contribution in [0, 0.1) is 0 Å². The number of alkyl halides is 3. The molecule has 224 valence electrons. The second kappa shape index (κ2) is 14.1. The van der Waals surface area contributed by atoms with Gasteiger partial charge in [-0.3, -0.25) is 9.69 Å². The highest BCUT2D eigenvalue weighted by molar-refractivity contribution is 6.76. The molecule has 2 heterocycles. The van der Waals surface area contributed by atoms with Gasteiger partial charge in [-0.05, 0) is 47.2 Å². The third-order valence-electron chi connectivity index (χ3n) is 7.97. The molecule has 2 aliphatic heterocycles. The van der Waals surface area contributed by atoms with E-state index in [1.54, 1.807) is 0 Å². The molecule has 0 unspecified atom stereocenters. The molecule has 2 saturated heterocycles. The lowest BCUT2D eigenvalue weighted by Gasteiger charge is -2.38. The smallest absolute Gasteiger partial charge is 0.272 e. The van der Waals surface area contributed by atoms with Gasteiger partial charge in [0.05, 0.1) is 25.4 Å². The number of ether oxygens (including phenoxy) is 2. The molecular weight excluding hydrogens is 599 g/mol. The highest BCUT2D eigenvalue weighted by atomic mass is 35.6. The fourth-order valence-electron chi connectivity index (χ4n) is 5.69. The number of nitrogens with zero attached hydrogens (tertiary/aromatic N) is 1. The average molecular weight is 634 g/mol. The third-order valence-corrected chi connectivity index (χ3v) is 8.49. The van der Waals surface area contributed by atoms with Gasteiger partial charge in [0.25, 0.3) is 9.70 Å². The van der Waals surface area contributed by atoms with Gasteiger partial charge in [0, 0.05) is 31.1 Å². The van der Waals surface area contributed by atoms with Crippen molar-refractivity contribution < 1.29 is 24.5 Å². The Morgan fingerprint density at radius 1 is 0.952 bits per heavy atom. The van der Waals surface area contributed by atoms with Crippen LogP contribution in [-0.4, -0.2) is 56.7 Å². The summed E-state index contributed by atoms with van der Waals surface area (Å²) in [5.74, 6) is -0.682. The molecule has 2 fully saturated rings. The van der Waals surface area contributed by atoms with E-state index < -0.39 is 16.0 Å². The van der Waals surface area contributed by atoms with Gasteiger partial charge in [0.1, 0.15) is 0 Å². The maximum absolute atomic E-state index is 12.1. The van der Waals surface area contributed by atoms with Crippen LogP contribution in [0.1, 0.15) is 53.9 Å². The molecule has 1 amide bonds. The summed E-state index contributed by atoms with van der Waals surface area (Å²) >= 11 is 17.1. The molecule has 0 aliphatic carbocycles. The zero-order valence-corrected chi connectivity index (χ0v) is 25.4. The number of aliphatic hydroxyl groups is 2. The number of rotatable bonds is 9. The summed E-state index contributed by atoms with van der Waals surface area (Å²) in [5.41, 5.74) is 5.57. The van der Waals surface area contributed by atoms with E-state index in [9.17, 15) is 15.0 Å². The lowest BCUT2D eigenvalue weighted by atomic mass is 9.97. The van der Waals surface area contributed by atoms with Crippen LogP contribution in [0.25, 0.3) is 11.1 Å². The van der Waals surface area contributed by atoms with Gasteiger partial charge in [0.15, 0.2) is 6.29 Å². The first kappa shape index (κ1) is 31.2. The fraction of sp³-hybridized carbons (Fsp3) is 0.406. The number of halogens is 3. The van der Waals surface area contributed by atoms with Gasteiger partial charge in [-0.2, -0.15) is 0 Å². The van der Waals surface area contributed by atoms with Crippen molar-refractivity contribution in [2.75, 3.05) is 19.7 Å². The zero-order valence-electron chi connectivity index (χ0n) is 23.1. The number of hydrogen-bond donors (Lipinski definition) is 3. The zero-order chi connectivity index (χ0) is 29.7. The van der Waals surface area contributed by atoms with Crippen LogP contribution in [0.3, 0.4) is 0 Å². The third kappa shape index (κ3) is 7.65. The number of likely N-dealkylation sites (tertiary alicyclic amines) is 1. The lowest BCUT2D eigenvalue weighted by molar-refractivity contribution is -0.253. The Morgan fingerprint density at radius 3 is 2.36 bits per heavy atom. The molecule has 0 spiro atoms. The fourth-order valence-corrected chi connectivity index (χ4v) is 5.89. The van der Waals surface area contributed by atoms with Crippen LogP contribution in [0.4, 0.5) is 0 Å². The van der Waals surface area contributed by atoms with Gasteiger partial charge >= 0.3 is 0 Å². The molecule has 0 radical (unpaired) electrons. The number of hydrogen-bond acceptors (Lipinski definition) is 6. The number of nitrogens with one attached hydrogen (secondary N) is 1. The monoisotopic (exact) mass is 632 g/mol. The summed E-state index contributed by atoms with van der Waals surface area (Å²) < 4.78 is 11.0. The van der Waals surface area contributed by atoms with Gasteiger partial charge in [-0.1, -0.05) is 108 Å². The second-order valence-corrected chi connectivity index (χ2v) is 13.1. The maximum Gasteiger partial charge on any atom is 0.272 e. The SMILES string of the molecule is O=C(NCc1ccccc1-c1ccc([C@H]2O[C@@H](CN3CCC[C@H]3CO)C[C@@H](c3ccc(CO)cc3)O2)cc1)C(Cl)(Cl)Cl. The van der Waals surface area contributed by atoms with Gasteiger partial charge in [-0.15, -0.1) is 0 Å². The minimum Gasteiger partial charge on any atom is -0.395 e. The van der Waals surface area contributed by atoms with Crippen LogP contribution in [0.15, 0.2) is 72.8 Å². The molecule has 5 rings (SSSR count). The van der Waals surface area contributed by atoms with E-state index in [2.05, 4.69) is 10.2 Å². The summed E-state index contributed by atoms with van der Waals surface area (Å²) in [4.78, 5) is 14.4. The molecule has 7 nitrogen and oxygen atoms in total. The van der Waals surface area contributed by atoms with Crippen molar-refractivity contribution in [3.63, 3.8) is 0 Å². The number of aliphatic hydroxyl groups excluding tert-OH is 2. The highest BCUT2D eigenvalue weighted by Crippen LogP contribution is 2.39. The summed E-state index contributed by atoms with van der Waals surface area (Å²) in [7, 11) is 0. The summed E-state index contributed by atoms with van der Waals surface area (Å²) in [6.45, 7) is 2.02. The molecule has 42 heavy (non-hydrogen) atoms. The van der Waals surface area contributed by atoms with Gasteiger partial charge in [-0.25, -0.2) is 0 Å². The molecule has 0 bridgehead atoms. The quantitative estimate of drug-likeness (QED) is 0.257. The Labute approximate surface area is 261 Å². The molecular formula is C32H35Cl3N2O5. The standard InChI is InChI=1S/C32H35Cl3N2O5/c33-32(34,35)31(40)36-17-25-4-1-2-6-28(25)22-11-13-24(14-12-22)30-41-27(18-37-15-3-5-26(37)20-39)16-29(42-30)23-9-7-21(19-38)8-10-23/h1-2,4,6-14,26-27,29-30,38-39H,3,5,15-20H2,(H,36,40)/t26-,27+,29-,30-/m0/s1. The molecule has 3 N–H and O–H groups in total. The average Bonchev–Trinajstić information content (AvgIpc) is 3.46. The van der Waals surface area contributed by atoms with E-state index >= 15 is 0 Å². The molecule has 3 aromatic carbocycles. The van der Waals surface area contributed by atoms with Crippen LogP contribution in [0.2, 0.25) is 0 Å². The maximum atomic E-state index is 12.1. The van der Waals surface area contributed by atoms with Crippen LogP contribution < -0.4 is 5.32 Å². The second-order valence-electron chi connectivity index (χ2n) is 10.8. The number of amides is 1.